The van der Waals surface area contributed by atoms with Gasteiger partial charge in [-0.25, -0.2) is 0 Å². The Morgan fingerprint density at radius 2 is 1.04 bits per heavy atom. The number of aliphatic carboxylic acids is 2. The maximum absolute atomic E-state index is 10.2. The van der Waals surface area contributed by atoms with Gasteiger partial charge in [0.15, 0.2) is 0 Å². The van der Waals surface area contributed by atoms with E-state index in [0.29, 0.717) is 11.8 Å². The van der Waals surface area contributed by atoms with E-state index in [2.05, 4.69) is 13.8 Å². The number of rotatable bonds is 12. The fourth-order valence-corrected chi connectivity index (χ4v) is 2.36. The molecule has 132 valence electrons. The van der Waals surface area contributed by atoms with Crippen molar-refractivity contribution in [2.24, 2.45) is 11.8 Å². The standard InChI is InChI=1S/2C9H18O2.Zn/c2*1-3-5-6-8(4-2)7-9(10)11;/h2*8H,3-7H2,1-2H3,(H,10,11);/q;;+2/p-2. The van der Waals surface area contributed by atoms with Gasteiger partial charge >= 0.3 is 19.5 Å². The zero-order chi connectivity index (χ0) is 17.4. The number of hydrogen-bond donors (Lipinski definition) is 0. The van der Waals surface area contributed by atoms with Gasteiger partial charge in [-0.1, -0.05) is 79.1 Å². The normalized spacial score (nSPS) is 12.3. The molecule has 0 radical (unpaired) electrons. The van der Waals surface area contributed by atoms with Crippen molar-refractivity contribution in [3.05, 3.63) is 0 Å². The number of unbranched alkanes of at least 4 members (excludes halogenated alkanes) is 2. The molecule has 0 aromatic carbocycles. The van der Waals surface area contributed by atoms with Gasteiger partial charge in [-0.05, 0) is 24.7 Å². The van der Waals surface area contributed by atoms with Crippen LogP contribution in [0, 0.1) is 11.8 Å². The van der Waals surface area contributed by atoms with Gasteiger partial charge in [-0.2, -0.15) is 0 Å². The summed E-state index contributed by atoms with van der Waals surface area (Å²) in [5, 5.41) is 20.4. The summed E-state index contributed by atoms with van der Waals surface area (Å²) in [5.41, 5.74) is 0. The Labute approximate surface area is 155 Å². The van der Waals surface area contributed by atoms with Crippen LogP contribution in [-0.2, 0) is 29.1 Å². The summed E-state index contributed by atoms with van der Waals surface area (Å²) in [6.45, 7) is 8.30. The average Bonchev–Trinajstić information content (AvgIpc) is 2.47. The van der Waals surface area contributed by atoms with Crippen LogP contribution >= 0.6 is 0 Å². The minimum Gasteiger partial charge on any atom is -0.550 e. The third kappa shape index (κ3) is 21.6. The Kier molecular flexibility index (Phi) is 23.4. The first-order chi connectivity index (χ1) is 10.4. The van der Waals surface area contributed by atoms with Gasteiger partial charge in [0.25, 0.3) is 0 Å². The van der Waals surface area contributed by atoms with Gasteiger partial charge in [-0.3, -0.25) is 0 Å². The zero-order valence-electron chi connectivity index (χ0n) is 15.6. The van der Waals surface area contributed by atoms with E-state index < -0.39 is 11.9 Å². The molecule has 2 unspecified atom stereocenters. The molecule has 0 amide bonds. The van der Waals surface area contributed by atoms with Crippen molar-refractivity contribution in [3.63, 3.8) is 0 Å². The number of hydrogen-bond acceptors (Lipinski definition) is 4. The molecule has 0 N–H and O–H groups in total. The summed E-state index contributed by atoms with van der Waals surface area (Å²) in [4.78, 5) is 20.4. The average molecular weight is 380 g/mol. The predicted octanol–water partition coefficient (Wildman–Crippen LogP) is 2.68. The molecule has 0 bridgehead atoms. The summed E-state index contributed by atoms with van der Waals surface area (Å²) in [6.07, 6.45) is 8.97. The largest absolute Gasteiger partial charge is 2.00 e. The number of carbonyl (C=O) groups is 2. The van der Waals surface area contributed by atoms with Crippen LogP contribution in [0.15, 0.2) is 0 Å². The molecule has 0 spiro atoms. The first-order valence-corrected chi connectivity index (χ1v) is 8.80. The molecule has 2 atom stereocenters. The Morgan fingerprint density at radius 3 is 1.22 bits per heavy atom. The fourth-order valence-electron chi connectivity index (χ4n) is 2.36. The molecular weight excluding hydrogens is 346 g/mol. The number of carboxylic acid groups (broad SMARTS) is 2. The summed E-state index contributed by atoms with van der Waals surface area (Å²) in [5.74, 6) is -1.15. The van der Waals surface area contributed by atoms with Gasteiger partial charge in [0.05, 0.1) is 0 Å². The molecule has 0 fully saturated rings. The van der Waals surface area contributed by atoms with E-state index in [9.17, 15) is 19.8 Å². The van der Waals surface area contributed by atoms with Crippen molar-refractivity contribution >= 4 is 11.9 Å². The van der Waals surface area contributed by atoms with Gasteiger partial charge in [0.2, 0.25) is 0 Å². The van der Waals surface area contributed by atoms with Crippen LogP contribution in [0.2, 0.25) is 0 Å². The van der Waals surface area contributed by atoms with Crippen molar-refractivity contribution in [2.45, 2.75) is 91.9 Å². The third-order valence-electron chi connectivity index (χ3n) is 4.00. The SMILES string of the molecule is CCCCC(CC)CC(=O)[O-].CCCCC(CC)CC(=O)[O-].[Zn+2]. The Balaban J connectivity index is -0.000000333. The molecule has 0 rings (SSSR count). The quantitative estimate of drug-likeness (QED) is 0.488. The van der Waals surface area contributed by atoms with Crippen LogP contribution in [0.1, 0.15) is 91.9 Å². The molecule has 0 aliphatic heterocycles. The molecule has 0 saturated heterocycles. The first kappa shape index (κ1) is 27.4. The van der Waals surface area contributed by atoms with E-state index in [-0.39, 0.29) is 32.3 Å². The summed E-state index contributed by atoms with van der Waals surface area (Å²) < 4.78 is 0. The second-order valence-corrected chi connectivity index (χ2v) is 5.99. The second-order valence-electron chi connectivity index (χ2n) is 5.99. The van der Waals surface area contributed by atoms with Crippen molar-refractivity contribution < 1.29 is 39.3 Å². The molecule has 0 aliphatic carbocycles. The van der Waals surface area contributed by atoms with Crippen LogP contribution in [0.25, 0.3) is 0 Å². The minimum atomic E-state index is -0.909. The molecule has 4 nitrogen and oxygen atoms in total. The van der Waals surface area contributed by atoms with Crippen molar-refractivity contribution in [2.75, 3.05) is 0 Å². The molecule has 0 aliphatic rings. The van der Waals surface area contributed by atoms with E-state index in [0.717, 1.165) is 51.4 Å². The molecule has 0 heterocycles. The number of carboxylic acids is 2. The van der Waals surface area contributed by atoms with Crippen LogP contribution in [0.3, 0.4) is 0 Å². The van der Waals surface area contributed by atoms with Crippen LogP contribution in [0.4, 0.5) is 0 Å². The van der Waals surface area contributed by atoms with E-state index >= 15 is 0 Å². The number of carbonyl (C=O) groups excluding carboxylic acids is 2. The van der Waals surface area contributed by atoms with Gasteiger partial charge in [0.1, 0.15) is 0 Å². The van der Waals surface area contributed by atoms with Gasteiger partial charge in [0, 0.05) is 11.9 Å². The van der Waals surface area contributed by atoms with E-state index in [4.69, 9.17) is 0 Å². The van der Waals surface area contributed by atoms with Crippen molar-refractivity contribution in [3.8, 4) is 0 Å². The monoisotopic (exact) mass is 378 g/mol. The molecule has 0 saturated carbocycles. The Bertz CT molecular complexity index is 254. The van der Waals surface area contributed by atoms with Gasteiger partial charge in [-0.15, -0.1) is 0 Å². The zero-order valence-corrected chi connectivity index (χ0v) is 18.5. The summed E-state index contributed by atoms with van der Waals surface area (Å²) in [7, 11) is 0. The predicted molar refractivity (Wildman–Crippen MR) is 85.9 cm³/mol. The smallest absolute Gasteiger partial charge is 0.550 e. The van der Waals surface area contributed by atoms with E-state index in [1.165, 1.54) is 0 Å². The summed E-state index contributed by atoms with van der Waals surface area (Å²) >= 11 is 0. The topological polar surface area (TPSA) is 80.3 Å². The van der Waals surface area contributed by atoms with Crippen LogP contribution < -0.4 is 10.2 Å². The van der Waals surface area contributed by atoms with E-state index in [1.54, 1.807) is 0 Å². The Hall–Kier alpha value is -0.437. The van der Waals surface area contributed by atoms with Crippen LogP contribution in [0.5, 0.6) is 0 Å². The maximum atomic E-state index is 10.2. The molecular formula is C18H34O4Zn. The van der Waals surface area contributed by atoms with Crippen molar-refractivity contribution in [1.82, 2.24) is 0 Å². The van der Waals surface area contributed by atoms with Crippen LogP contribution in [-0.4, -0.2) is 11.9 Å². The first-order valence-electron chi connectivity index (χ1n) is 8.80. The summed E-state index contributed by atoms with van der Waals surface area (Å²) in [6, 6.07) is 0. The Morgan fingerprint density at radius 1 is 0.739 bits per heavy atom. The minimum absolute atomic E-state index is 0. The molecule has 23 heavy (non-hydrogen) atoms. The maximum Gasteiger partial charge on any atom is 2.00 e. The van der Waals surface area contributed by atoms with E-state index in [1.807, 2.05) is 13.8 Å². The molecule has 0 aromatic rings. The molecule has 0 aromatic heterocycles. The third-order valence-corrected chi connectivity index (χ3v) is 4.00. The second kappa shape index (κ2) is 19.6. The molecule has 5 heteroatoms. The fraction of sp³-hybridized carbons (Fsp3) is 0.889. The van der Waals surface area contributed by atoms with Crippen molar-refractivity contribution in [1.29, 1.82) is 0 Å². The van der Waals surface area contributed by atoms with Gasteiger partial charge < -0.3 is 19.8 Å².